The van der Waals surface area contributed by atoms with E-state index in [9.17, 15) is 13.6 Å². The van der Waals surface area contributed by atoms with E-state index in [4.69, 9.17) is 5.11 Å². The smallest absolute Gasteiger partial charge is 0.308 e. The molecular weight excluding hydrogens is 280 g/mol. The van der Waals surface area contributed by atoms with Crippen LogP contribution >= 0.6 is 0 Å². The van der Waals surface area contributed by atoms with Gasteiger partial charge in [0.15, 0.2) is 5.82 Å². The van der Waals surface area contributed by atoms with Gasteiger partial charge in [0.25, 0.3) is 6.43 Å². The number of carboxylic acid groups (broad SMARTS) is 1. The number of aliphatic carboxylic acids is 1. The highest BCUT2D eigenvalue weighted by molar-refractivity contribution is 5.90. The molecule has 7 heteroatoms. The van der Waals surface area contributed by atoms with E-state index in [1.165, 1.54) is 0 Å². The van der Waals surface area contributed by atoms with Gasteiger partial charge < -0.3 is 10.0 Å². The van der Waals surface area contributed by atoms with Gasteiger partial charge in [-0.1, -0.05) is 12.1 Å². The number of nitrogens with zero attached hydrogens (tertiary/aromatic N) is 3. The van der Waals surface area contributed by atoms with Crippen molar-refractivity contribution in [3.8, 4) is 0 Å². The molecule has 21 heavy (non-hydrogen) atoms. The van der Waals surface area contributed by atoms with Crippen LogP contribution in [0.25, 0.3) is 10.9 Å². The first-order chi connectivity index (χ1) is 10.1. The Bertz CT molecular complexity index is 693. The van der Waals surface area contributed by atoms with Gasteiger partial charge in [-0.2, -0.15) is 0 Å². The van der Waals surface area contributed by atoms with Crippen LogP contribution in [0.4, 0.5) is 14.6 Å². The molecule has 1 aromatic heterocycles. The van der Waals surface area contributed by atoms with Crippen molar-refractivity contribution in [1.82, 2.24) is 9.97 Å². The average molecular weight is 293 g/mol. The van der Waals surface area contributed by atoms with Crippen molar-refractivity contribution in [2.45, 2.75) is 12.8 Å². The van der Waals surface area contributed by atoms with Gasteiger partial charge in [0.1, 0.15) is 5.82 Å². The third-order valence-corrected chi connectivity index (χ3v) is 3.63. The summed E-state index contributed by atoms with van der Waals surface area (Å²) in [6.07, 6.45) is -2.27. The Labute approximate surface area is 119 Å². The zero-order valence-corrected chi connectivity index (χ0v) is 11.0. The summed E-state index contributed by atoms with van der Waals surface area (Å²) in [6.45, 7) is 0.764. The lowest BCUT2D eigenvalue weighted by atomic mass is 10.1. The lowest BCUT2D eigenvalue weighted by Gasteiger charge is -2.19. The van der Waals surface area contributed by atoms with E-state index in [1.807, 2.05) is 0 Å². The molecule has 1 fully saturated rings. The largest absolute Gasteiger partial charge is 0.481 e. The number of hydrogen-bond acceptors (Lipinski definition) is 4. The zero-order chi connectivity index (χ0) is 15.0. The summed E-state index contributed by atoms with van der Waals surface area (Å²) in [7, 11) is 0. The van der Waals surface area contributed by atoms with Gasteiger partial charge in [0, 0.05) is 18.5 Å². The second-order valence-corrected chi connectivity index (χ2v) is 4.99. The maximum Gasteiger partial charge on any atom is 0.308 e. The van der Waals surface area contributed by atoms with Gasteiger partial charge in [0.05, 0.1) is 11.4 Å². The summed E-state index contributed by atoms with van der Waals surface area (Å²) >= 11 is 0. The maximum atomic E-state index is 12.9. The molecule has 0 bridgehead atoms. The number of benzene rings is 1. The van der Waals surface area contributed by atoms with E-state index in [2.05, 4.69) is 9.97 Å². The van der Waals surface area contributed by atoms with E-state index >= 15 is 0 Å². The van der Waals surface area contributed by atoms with Gasteiger partial charge in [-0.25, -0.2) is 18.7 Å². The van der Waals surface area contributed by atoms with Crippen LogP contribution in [-0.2, 0) is 4.79 Å². The maximum absolute atomic E-state index is 12.9. The normalized spacial score (nSPS) is 18.6. The Balaban J connectivity index is 2.06. The highest BCUT2D eigenvalue weighted by Crippen LogP contribution is 2.30. The molecule has 2 heterocycles. The van der Waals surface area contributed by atoms with Gasteiger partial charge in [0.2, 0.25) is 0 Å². The molecule has 1 aliphatic rings. The molecule has 1 aromatic carbocycles. The SMILES string of the molecule is O=C(O)C1CCN(c2nc(C(F)F)nc3ccccc23)C1. The molecule has 1 atom stereocenters. The third-order valence-electron chi connectivity index (χ3n) is 3.63. The summed E-state index contributed by atoms with van der Waals surface area (Å²) < 4.78 is 25.9. The molecule has 0 spiro atoms. The molecule has 3 rings (SSSR count). The predicted octanol–water partition coefficient (Wildman–Crippen LogP) is 2.48. The van der Waals surface area contributed by atoms with Crippen molar-refractivity contribution in [1.29, 1.82) is 0 Å². The number of anilines is 1. The minimum absolute atomic E-state index is 0.277. The van der Waals surface area contributed by atoms with Crippen molar-refractivity contribution in [2.24, 2.45) is 5.92 Å². The average Bonchev–Trinajstić information content (AvgIpc) is 2.96. The molecule has 0 aliphatic carbocycles. The summed E-state index contributed by atoms with van der Waals surface area (Å²) in [4.78, 5) is 20.6. The van der Waals surface area contributed by atoms with Crippen LogP contribution in [0.2, 0.25) is 0 Å². The first-order valence-electron chi connectivity index (χ1n) is 6.59. The minimum Gasteiger partial charge on any atom is -0.481 e. The van der Waals surface area contributed by atoms with E-state index < -0.39 is 24.1 Å². The first kappa shape index (κ1) is 13.7. The van der Waals surface area contributed by atoms with E-state index in [0.717, 1.165) is 0 Å². The Kier molecular flexibility index (Phi) is 3.40. The molecule has 5 nitrogen and oxygen atoms in total. The fraction of sp³-hybridized carbons (Fsp3) is 0.357. The Morgan fingerprint density at radius 2 is 2.10 bits per heavy atom. The third kappa shape index (κ3) is 2.51. The fourth-order valence-electron chi connectivity index (χ4n) is 2.57. The molecule has 0 radical (unpaired) electrons. The predicted molar refractivity (Wildman–Crippen MR) is 72.5 cm³/mol. The summed E-state index contributed by atoms with van der Waals surface area (Å²) in [6, 6.07) is 6.91. The highest BCUT2D eigenvalue weighted by atomic mass is 19.3. The fourth-order valence-corrected chi connectivity index (χ4v) is 2.57. The van der Waals surface area contributed by atoms with Crippen molar-refractivity contribution >= 4 is 22.7 Å². The molecule has 1 saturated heterocycles. The van der Waals surface area contributed by atoms with Crippen LogP contribution in [0.1, 0.15) is 18.7 Å². The Hall–Kier alpha value is -2.31. The molecule has 1 N–H and O–H groups in total. The number of carbonyl (C=O) groups is 1. The number of para-hydroxylation sites is 1. The van der Waals surface area contributed by atoms with Crippen LogP contribution in [0.5, 0.6) is 0 Å². The first-order valence-corrected chi connectivity index (χ1v) is 6.59. The number of rotatable bonds is 3. The molecule has 0 amide bonds. The van der Waals surface area contributed by atoms with E-state index in [0.29, 0.717) is 29.7 Å². The Morgan fingerprint density at radius 1 is 1.33 bits per heavy atom. The molecule has 1 aliphatic heterocycles. The zero-order valence-electron chi connectivity index (χ0n) is 11.0. The quantitative estimate of drug-likeness (QED) is 0.941. The molecular formula is C14H13F2N3O2. The number of aromatic nitrogens is 2. The van der Waals surface area contributed by atoms with Gasteiger partial charge in [-0.15, -0.1) is 0 Å². The van der Waals surface area contributed by atoms with Gasteiger partial charge >= 0.3 is 5.97 Å². The lowest BCUT2D eigenvalue weighted by molar-refractivity contribution is -0.140. The minimum atomic E-state index is -2.76. The molecule has 2 aromatic rings. The van der Waals surface area contributed by atoms with Gasteiger partial charge in [-0.3, -0.25) is 4.79 Å². The number of carboxylic acids is 1. The van der Waals surface area contributed by atoms with Crippen LogP contribution in [0.3, 0.4) is 0 Å². The number of fused-ring (bicyclic) bond motifs is 1. The molecule has 110 valence electrons. The topological polar surface area (TPSA) is 66.3 Å². The standard InChI is InChI=1S/C14H13F2N3O2/c15-11(16)12-17-10-4-2-1-3-9(10)13(18-12)19-6-5-8(7-19)14(20)21/h1-4,8,11H,5-7H2,(H,20,21). The van der Waals surface area contributed by atoms with Crippen LogP contribution in [-0.4, -0.2) is 34.1 Å². The van der Waals surface area contributed by atoms with E-state index in [-0.39, 0.29) is 6.54 Å². The van der Waals surface area contributed by atoms with Gasteiger partial charge in [-0.05, 0) is 18.6 Å². The van der Waals surface area contributed by atoms with Crippen LogP contribution < -0.4 is 4.90 Å². The molecule has 0 saturated carbocycles. The monoisotopic (exact) mass is 293 g/mol. The Morgan fingerprint density at radius 3 is 2.76 bits per heavy atom. The summed E-state index contributed by atoms with van der Waals surface area (Å²) in [5.41, 5.74) is 0.441. The van der Waals surface area contributed by atoms with Crippen LogP contribution in [0, 0.1) is 5.92 Å². The van der Waals surface area contributed by atoms with E-state index in [1.54, 1.807) is 29.2 Å². The number of hydrogen-bond donors (Lipinski definition) is 1. The van der Waals surface area contributed by atoms with Crippen molar-refractivity contribution in [2.75, 3.05) is 18.0 Å². The van der Waals surface area contributed by atoms with Crippen molar-refractivity contribution in [3.63, 3.8) is 0 Å². The second kappa shape index (κ2) is 5.23. The summed E-state index contributed by atoms with van der Waals surface area (Å²) in [5.74, 6) is -1.50. The number of halogens is 2. The van der Waals surface area contributed by atoms with Crippen LogP contribution in [0.15, 0.2) is 24.3 Å². The lowest BCUT2D eigenvalue weighted by Crippen LogP contribution is -2.24. The van der Waals surface area contributed by atoms with Crippen molar-refractivity contribution in [3.05, 3.63) is 30.1 Å². The highest BCUT2D eigenvalue weighted by Gasteiger charge is 2.30. The number of alkyl halides is 2. The second-order valence-electron chi connectivity index (χ2n) is 4.99. The molecule has 1 unspecified atom stereocenters. The summed E-state index contributed by atoms with van der Waals surface area (Å²) in [5, 5.41) is 9.71. The van der Waals surface area contributed by atoms with Crippen molar-refractivity contribution < 1.29 is 18.7 Å².